The molecule has 0 N–H and O–H groups in total. The van der Waals surface area contributed by atoms with E-state index in [0.717, 1.165) is 37.9 Å². The Morgan fingerprint density at radius 3 is 1.87 bits per heavy atom. The molecule has 3 heterocycles. The van der Waals surface area contributed by atoms with Gasteiger partial charge in [0.1, 0.15) is 5.82 Å². The van der Waals surface area contributed by atoms with Crippen molar-refractivity contribution in [2.45, 2.75) is 55.6 Å². The maximum Gasteiger partial charge on any atom is 0.227 e. The SMILES string of the molecule is Cc1cnc(N2CC(C)SC(C)C2)nc1N1CC(C)SC(C)C1. The molecular formula is C17H28N4S2. The minimum Gasteiger partial charge on any atom is -0.354 e. The van der Waals surface area contributed by atoms with Gasteiger partial charge in [0.25, 0.3) is 0 Å². The Hall–Kier alpha value is -0.620. The number of hydrogen-bond acceptors (Lipinski definition) is 6. The summed E-state index contributed by atoms with van der Waals surface area (Å²) in [5.41, 5.74) is 1.19. The predicted octanol–water partition coefficient (Wildman–Crippen LogP) is 3.45. The van der Waals surface area contributed by atoms with Crippen LogP contribution < -0.4 is 9.80 Å². The standard InChI is InChI=1S/C17H28N4S2/c1-11-6-18-17(21-9-14(4)23-15(5)10-21)19-16(11)20-7-12(2)22-13(3)8-20/h6,12-15H,7-10H2,1-5H3. The molecule has 1 aromatic heterocycles. The number of aryl methyl sites for hydroxylation is 1. The average molecular weight is 353 g/mol. The lowest BCUT2D eigenvalue weighted by molar-refractivity contribution is 0.690. The normalized spacial score (nSPS) is 32.2. The van der Waals surface area contributed by atoms with Crippen molar-refractivity contribution in [3.05, 3.63) is 11.8 Å². The van der Waals surface area contributed by atoms with E-state index in [1.165, 1.54) is 5.56 Å². The second kappa shape index (κ2) is 7.09. The summed E-state index contributed by atoms with van der Waals surface area (Å²) >= 11 is 4.15. The minimum atomic E-state index is 0.638. The van der Waals surface area contributed by atoms with E-state index in [4.69, 9.17) is 4.98 Å². The van der Waals surface area contributed by atoms with Crippen molar-refractivity contribution in [3.63, 3.8) is 0 Å². The monoisotopic (exact) mass is 352 g/mol. The Labute approximate surface area is 148 Å². The van der Waals surface area contributed by atoms with Crippen molar-refractivity contribution in [2.24, 2.45) is 0 Å². The molecule has 1 aromatic rings. The fraction of sp³-hybridized carbons (Fsp3) is 0.765. The second-order valence-electron chi connectivity index (χ2n) is 7.00. The fourth-order valence-electron chi connectivity index (χ4n) is 3.59. The first-order valence-electron chi connectivity index (χ1n) is 8.57. The third-order valence-corrected chi connectivity index (χ3v) is 6.81. The maximum atomic E-state index is 4.98. The Balaban J connectivity index is 1.84. The summed E-state index contributed by atoms with van der Waals surface area (Å²) < 4.78 is 0. The molecule has 2 aliphatic heterocycles. The molecule has 0 saturated carbocycles. The van der Waals surface area contributed by atoms with Gasteiger partial charge in [-0.05, 0) is 6.92 Å². The van der Waals surface area contributed by atoms with Crippen molar-refractivity contribution in [2.75, 3.05) is 36.0 Å². The molecule has 4 unspecified atom stereocenters. The first kappa shape index (κ1) is 17.2. The molecule has 0 aromatic carbocycles. The number of rotatable bonds is 2. The van der Waals surface area contributed by atoms with Gasteiger partial charge < -0.3 is 9.80 Å². The molecule has 4 nitrogen and oxygen atoms in total. The highest BCUT2D eigenvalue weighted by Crippen LogP contribution is 2.31. The Bertz CT molecular complexity index is 533. The highest BCUT2D eigenvalue weighted by Gasteiger charge is 2.27. The van der Waals surface area contributed by atoms with Gasteiger partial charge in [-0.3, -0.25) is 0 Å². The molecule has 2 saturated heterocycles. The van der Waals surface area contributed by atoms with Crippen LogP contribution in [0.25, 0.3) is 0 Å². The van der Waals surface area contributed by atoms with Gasteiger partial charge >= 0.3 is 0 Å². The largest absolute Gasteiger partial charge is 0.354 e. The van der Waals surface area contributed by atoms with Crippen molar-refractivity contribution >= 4 is 35.3 Å². The lowest BCUT2D eigenvalue weighted by Crippen LogP contribution is -2.43. The van der Waals surface area contributed by atoms with Crippen LogP contribution in [0.4, 0.5) is 11.8 Å². The van der Waals surface area contributed by atoms with Crippen molar-refractivity contribution in [1.29, 1.82) is 0 Å². The summed E-state index contributed by atoms with van der Waals surface area (Å²) in [5, 5.41) is 2.59. The summed E-state index contributed by atoms with van der Waals surface area (Å²) in [6.45, 7) is 15.6. The lowest BCUT2D eigenvalue weighted by atomic mass is 10.2. The van der Waals surface area contributed by atoms with E-state index < -0.39 is 0 Å². The Morgan fingerprint density at radius 2 is 1.35 bits per heavy atom. The smallest absolute Gasteiger partial charge is 0.227 e. The van der Waals surface area contributed by atoms with Gasteiger partial charge in [-0.1, -0.05) is 27.7 Å². The van der Waals surface area contributed by atoms with Crippen LogP contribution in [-0.2, 0) is 0 Å². The molecule has 0 aliphatic carbocycles. The van der Waals surface area contributed by atoms with Gasteiger partial charge in [-0.15, -0.1) is 0 Å². The summed E-state index contributed by atoms with van der Waals surface area (Å²) in [7, 11) is 0. The van der Waals surface area contributed by atoms with Crippen LogP contribution >= 0.6 is 23.5 Å². The fourth-order valence-corrected chi connectivity index (χ4v) is 6.24. The molecule has 128 valence electrons. The first-order valence-corrected chi connectivity index (χ1v) is 10.5. The van der Waals surface area contributed by atoms with Gasteiger partial charge in [0.15, 0.2) is 0 Å². The molecule has 23 heavy (non-hydrogen) atoms. The average Bonchev–Trinajstić information content (AvgIpc) is 2.45. The van der Waals surface area contributed by atoms with Crippen LogP contribution in [0.5, 0.6) is 0 Å². The van der Waals surface area contributed by atoms with E-state index in [9.17, 15) is 0 Å². The second-order valence-corrected chi connectivity index (χ2v) is 10.8. The van der Waals surface area contributed by atoms with Gasteiger partial charge in [-0.2, -0.15) is 28.5 Å². The minimum absolute atomic E-state index is 0.638. The van der Waals surface area contributed by atoms with Crippen LogP contribution in [0, 0.1) is 6.92 Å². The zero-order valence-electron chi connectivity index (χ0n) is 14.8. The van der Waals surface area contributed by atoms with E-state index >= 15 is 0 Å². The number of hydrogen-bond donors (Lipinski definition) is 0. The van der Waals surface area contributed by atoms with Crippen LogP contribution in [-0.4, -0.2) is 57.1 Å². The molecule has 2 fully saturated rings. The highest BCUT2D eigenvalue weighted by atomic mass is 32.2. The predicted molar refractivity (Wildman–Crippen MR) is 104 cm³/mol. The van der Waals surface area contributed by atoms with E-state index in [-0.39, 0.29) is 0 Å². The molecule has 2 aliphatic rings. The zero-order chi connectivity index (χ0) is 16.6. The zero-order valence-corrected chi connectivity index (χ0v) is 16.5. The quantitative estimate of drug-likeness (QED) is 0.811. The number of nitrogens with zero attached hydrogens (tertiary/aromatic N) is 4. The molecule has 0 bridgehead atoms. The summed E-state index contributed by atoms with van der Waals surface area (Å²) in [4.78, 5) is 14.4. The van der Waals surface area contributed by atoms with Gasteiger partial charge in [0.2, 0.25) is 5.95 Å². The molecule has 0 radical (unpaired) electrons. The van der Waals surface area contributed by atoms with Crippen LogP contribution in [0.2, 0.25) is 0 Å². The molecule has 0 spiro atoms. The highest BCUT2D eigenvalue weighted by molar-refractivity contribution is 8.00. The van der Waals surface area contributed by atoms with E-state index in [1.807, 2.05) is 6.20 Å². The third-order valence-electron chi connectivity index (χ3n) is 4.35. The van der Waals surface area contributed by atoms with Crippen molar-refractivity contribution < 1.29 is 0 Å². The summed E-state index contributed by atoms with van der Waals surface area (Å²) in [5.74, 6) is 2.04. The Morgan fingerprint density at radius 1 is 0.870 bits per heavy atom. The van der Waals surface area contributed by atoms with E-state index in [2.05, 4.69) is 72.9 Å². The molecule has 4 atom stereocenters. The molecule has 3 rings (SSSR count). The first-order chi connectivity index (χ1) is 10.9. The summed E-state index contributed by atoms with van der Waals surface area (Å²) in [6, 6.07) is 0. The van der Waals surface area contributed by atoms with Crippen LogP contribution in [0.15, 0.2) is 6.20 Å². The topological polar surface area (TPSA) is 32.3 Å². The molecule has 6 heteroatoms. The van der Waals surface area contributed by atoms with E-state index in [0.29, 0.717) is 21.0 Å². The Kier molecular flexibility index (Phi) is 5.31. The van der Waals surface area contributed by atoms with Crippen molar-refractivity contribution in [3.8, 4) is 0 Å². The van der Waals surface area contributed by atoms with Crippen molar-refractivity contribution in [1.82, 2.24) is 9.97 Å². The van der Waals surface area contributed by atoms with Crippen LogP contribution in [0.3, 0.4) is 0 Å². The number of anilines is 2. The molecule has 0 amide bonds. The third kappa shape index (κ3) is 4.08. The van der Waals surface area contributed by atoms with Gasteiger partial charge in [-0.25, -0.2) is 4.98 Å². The lowest BCUT2D eigenvalue weighted by Gasteiger charge is -2.37. The van der Waals surface area contributed by atoms with E-state index in [1.54, 1.807) is 0 Å². The maximum absolute atomic E-state index is 4.98. The summed E-state index contributed by atoms with van der Waals surface area (Å²) in [6.07, 6.45) is 2.01. The number of thioether (sulfide) groups is 2. The van der Waals surface area contributed by atoms with Gasteiger partial charge in [0.05, 0.1) is 0 Å². The number of aromatic nitrogens is 2. The van der Waals surface area contributed by atoms with Gasteiger partial charge in [0, 0.05) is 58.9 Å². The van der Waals surface area contributed by atoms with Crippen LogP contribution in [0.1, 0.15) is 33.3 Å². The molecular weight excluding hydrogens is 324 g/mol.